The van der Waals surface area contributed by atoms with Crippen molar-refractivity contribution in [1.29, 1.82) is 0 Å². The molecular formula is C11H18N4O. The predicted molar refractivity (Wildman–Crippen MR) is 61.1 cm³/mol. The van der Waals surface area contributed by atoms with Gasteiger partial charge in [0.1, 0.15) is 0 Å². The molecule has 1 aliphatic rings. The molecule has 1 saturated carbocycles. The number of aryl methyl sites for hydroxylation is 1. The van der Waals surface area contributed by atoms with Crippen LogP contribution < -0.4 is 10.6 Å². The lowest BCUT2D eigenvalue weighted by molar-refractivity contribution is 0.228. The Hall–Kier alpha value is -1.52. The summed E-state index contributed by atoms with van der Waals surface area (Å²) in [6.07, 6.45) is 6.06. The Bertz CT molecular complexity index is 357. The fourth-order valence-electron chi connectivity index (χ4n) is 1.74. The molecule has 1 aliphatic carbocycles. The lowest BCUT2D eigenvalue weighted by atomic mass is 9.93. The first kappa shape index (κ1) is 11.0. The second kappa shape index (κ2) is 5.01. The van der Waals surface area contributed by atoms with E-state index in [0.717, 1.165) is 25.0 Å². The molecule has 0 spiro atoms. The van der Waals surface area contributed by atoms with E-state index in [1.807, 2.05) is 17.8 Å². The Morgan fingerprint density at radius 1 is 1.62 bits per heavy atom. The predicted octanol–water partition coefficient (Wildman–Crippen LogP) is 0.814. The average Bonchev–Trinajstić information content (AvgIpc) is 2.59. The van der Waals surface area contributed by atoms with Gasteiger partial charge in [0, 0.05) is 37.9 Å². The number of nitrogens with one attached hydrogen (secondary N) is 2. The first-order valence-corrected chi connectivity index (χ1v) is 5.77. The van der Waals surface area contributed by atoms with E-state index in [0.29, 0.717) is 12.6 Å². The van der Waals surface area contributed by atoms with Crippen LogP contribution in [-0.2, 0) is 13.5 Å². The van der Waals surface area contributed by atoms with E-state index in [9.17, 15) is 4.79 Å². The summed E-state index contributed by atoms with van der Waals surface area (Å²) in [4.78, 5) is 11.4. The van der Waals surface area contributed by atoms with Crippen LogP contribution in [0.5, 0.6) is 0 Å². The number of nitrogens with zero attached hydrogens (tertiary/aromatic N) is 2. The standard InChI is InChI=1S/C11H18N4O/c1-15-10(6-8-13-15)5-7-12-11(16)14-9-3-2-4-9/h6,8-9H,2-5,7H2,1H3,(H2,12,14,16). The fourth-order valence-corrected chi connectivity index (χ4v) is 1.74. The van der Waals surface area contributed by atoms with E-state index in [-0.39, 0.29) is 6.03 Å². The molecule has 5 nitrogen and oxygen atoms in total. The van der Waals surface area contributed by atoms with Crippen molar-refractivity contribution in [3.05, 3.63) is 18.0 Å². The van der Waals surface area contributed by atoms with Gasteiger partial charge in [0.15, 0.2) is 0 Å². The highest BCUT2D eigenvalue weighted by atomic mass is 16.2. The summed E-state index contributed by atoms with van der Waals surface area (Å²) in [5.41, 5.74) is 1.13. The summed E-state index contributed by atoms with van der Waals surface area (Å²) in [6.45, 7) is 0.651. The first-order valence-electron chi connectivity index (χ1n) is 5.77. The molecule has 88 valence electrons. The number of amides is 2. The van der Waals surface area contributed by atoms with Crippen molar-refractivity contribution in [3.63, 3.8) is 0 Å². The topological polar surface area (TPSA) is 59.0 Å². The van der Waals surface area contributed by atoms with E-state index in [1.54, 1.807) is 6.20 Å². The quantitative estimate of drug-likeness (QED) is 0.792. The van der Waals surface area contributed by atoms with Crippen LogP contribution >= 0.6 is 0 Å². The molecule has 2 amide bonds. The van der Waals surface area contributed by atoms with E-state index in [4.69, 9.17) is 0 Å². The Balaban J connectivity index is 1.63. The molecule has 1 fully saturated rings. The Kier molecular flexibility index (Phi) is 3.44. The normalized spacial score (nSPS) is 15.6. The van der Waals surface area contributed by atoms with E-state index in [1.165, 1.54) is 6.42 Å². The highest BCUT2D eigenvalue weighted by Crippen LogP contribution is 2.17. The van der Waals surface area contributed by atoms with Crippen molar-refractivity contribution < 1.29 is 4.79 Å². The zero-order valence-corrected chi connectivity index (χ0v) is 9.57. The first-order chi connectivity index (χ1) is 7.75. The number of urea groups is 1. The van der Waals surface area contributed by atoms with Gasteiger partial charge in [0.25, 0.3) is 0 Å². The Labute approximate surface area is 95.2 Å². The highest BCUT2D eigenvalue weighted by Gasteiger charge is 2.18. The van der Waals surface area contributed by atoms with Gasteiger partial charge in [-0.2, -0.15) is 5.10 Å². The number of carbonyl (C=O) groups is 1. The fraction of sp³-hybridized carbons (Fsp3) is 0.636. The minimum Gasteiger partial charge on any atom is -0.338 e. The summed E-state index contributed by atoms with van der Waals surface area (Å²) in [5, 5.41) is 9.87. The summed E-state index contributed by atoms with van der Waals surface area (Å²) in [5.74, 6) is 0. The SMILES string of the molecule is Cn1nccc1CCNC(=O)NC1CCC1. The zero-order chi connectivity index (χ0) is 11.4. The molecular weight excluding hydrogens is 204 g/mol. The van der Waals surface area contributed by atoms with Crippen LogP contribution in [0.4, 0.5) is 4.79 Å². The molecule has 16 heavy (non-hydrogen) atoms. The van der Waals surface area contributed by atoms with Gasteiger partial charge >= 0.3 is 6.03 Å². The van der Waals surface area contributed by atoms with Gasteiger partial charge in [0.2, 0.25) is 0 Å². The van der Waals surface area contributed by atoms with Crippen LogP contribution in [-0.4, -0.2) is 28.4 Å². The van der Waals surface area contributed by atoms with Crippen molar-refractivity contribution in [3.8, 4) is 0 Å². The average molecular weight is 222 g/mol. The lowest BCUT2D eigenvalue weighted by Gasteiger charge is -2.26. The highest BCUT2D eigenvalue weighted by molar-refractivity contribution is 5.74. The van der Waals surface area contributed by atoms with E-state index in [2.05, 4.69) is 15.7 Å². The summed E-state index contributed by atoms with van der Waals surface area (Å²) in [7, 11) is 1.91. The van der Waals surface area contributed by atoms with Crippen LogP contribution in [0.1, 0.15) is 25.0 Å². The molecule has 1 aromatic heterocycles. The minimum absolute atomic E-state index is 0.0492. The van der Waals surface area contributed by atoms with Crippen molar-refractivity contribution in [2.24, 2.45) is 7.05 Å². The molecule has 0 aromatic carbocycles. The van der Waals surface area contributed by atoms with Gasteiger partial charge in [-0.3, -0.25) is 4.68 Å². The van der Waals surface area contributed by atoms with Gasteiger partial charge < -0.3 is 10.6 Å². The number of hydrogen-bond donors (Lipinski definition) is 2. The van der Waals surface area contributed by atoms with Crippen LogP contribution in [0.15, 0.2) is 12.3 Å². The van der Waals surface area contributed by atoms with Crippen molar-refractivity contribution in [1.82, 2.24) is 20.4 Å². The molecule has 5 heteroatoms. The van der Waals surface area contributed by atoms with Crippen molar-refractivity contribution in [2.45, 2.75) is 31.7 Å². The molecule has 0 bridgehead atoms. The number of rotatable bonds is 4. The molecule has 0 radical (unpaired) electrons. The summed E-state index contributed by atoms with van der Waals surface area (Å²) < 4.78 is 1.82. The van der Waals surface area contributed by atoms with Crippen LogP contribution in [0.2, 0.25) is 0 Å². The molecule has 0 atom stereocenters. The van der Waals surface area contributed by atoms with Crippen LogP contribution in [0.25, 0.3) is 0 Å². The van der Waals surface area contributed by atoms with Gasteiger partial charge in [0.05, 0.1) is 0 Å². The van der Waals surface area contributed by atoms with Gasteiger partial charge in [-0.1, -0.05) is 0 Å². The molecule has 0 saturated heterocycles. The smallest absolute Gasteiger partial charge is 0.315 e. The van der Waals surface area contributed by atoms with E-state index < -0.39 is 0 Å². The molecule has 0 aliphatic heterocycles. The van der Waals surface area contributed by atoms with Crippen LogP contribution in [0, 0.1) is 0 Å². The second-order valence-electron chi connectivity index (χ2n) is 4.22. The van der Waals surface area contributed by atoms with Gasteiger partial charge in [-0.15, -0.1) is 0 Å². The third-order valence-electron chi connectivity index (χ3n) is 3.03. The third-order valence-corrected chi connectivity index (χ3v) is 3.03. The van der Waals surface area contributed by atoms with Crippen molar-refractivity contribution in [2.75, 3.05) is 6.54 Å². The maximum Gasteiger partial charge on any atom is 0.315 e. The largest absolute Gasteiger partial charge is 0.338 e. The third kappa shape index (κ3) is 2.74. The molecule has 2 N–H and O–H groups in total. The van der Waals surface area contributed by atoms with Crippen molar-refractivity contribution >= 4 is 6.03 Å². The Morgan fingerprint density at radius 3 is 3.00 bits per heavy atom. The molecule has 1 aromatic rings. The number of aromatic nitrogens is 2. The lowest BCUT2D eigenvalue weighted by Crippen LogP contribution is -2.45. The van der Waals surface area contributed by atoms with Gasteiger partial charge in [-0.25, -0.2) is 4.79 Å². The molecule has 1 heterocycles. The molecule has 0 unspecified atom stereocenters. The van der Waals surface area contributed by atoms with E-state index >= 15 is 0 Å². The Morgan fingerprint density at radius 2 is 2.44 bits per heavy atom. The summed E-state index contributed by atoms with van der Waals surface area (Å²) in [6, 6.07) is 2.31. The maximum absolute atomic E-state index is 11.4. The zero-order valence-electron chi connectivity index (χ0n) is 9.57. The summed E-state index contributed by atoms with van der Waals surface area (Å²) >= 11 is 0. The minimum atomic E-state index is -0.0492. The monoisotopic (exact) mass is 222 g/mol. The second-order valence-corrected chi connectivity index (χ2v) is 4.22. The number of carbonyl (C=O) groups excluding carboxylic acids is 1. The maximum atomic E-state index is 11.4. The number of hydrogen-bond acceptors (Lipinski definition) is 2. The molecule has 2 rings (SSSR count). The van der Waals surface area contributed by atoms with Crippen LogP contribution in [0.3, 0.4) is 0 Å². The van der Waals surface area contributed by atoms with Gasteiger partial charge in [-0.05, 0) is 25.3 Å².